The van der Waals surface area contributed by atoms with Gasteiger partial charge in [0.1, 0.15) is 30.8 Å². The number of fused-ring (bicyclic) bond motifs is 1. The fourth-order valence-corrected chi connectivity index (χ4v) is 2.04. The summed E-state index contributed by atoms with van der Waals surface area (Å²) in [6.07, 6.45) is 0.0760. The minimum atomic E-state index is -0.953. The molecule has 2 aromatic carbocycles. The van der Waals surface area contributed by atoms with Crippen molar-refractivity contribution in [3.8, 4) is 11.5 Å². The van der Waals surface area contributed by atoms with Gasteiger partial charge in [-0.1, -0.05) is 30.8 Å². The number of carbonyl (C=O) groups is 1. The highest BCUT2D eigenvalue weighted by atomic mass is 16.6. The van der Waals surface area contributed by atoms with E-state index in [4.69, 9.17) is 19.3 Å². The molecule has 0 amide bonds. The molecule has 0 aromatic heterocycles. The summed E-state index contributed by atoms with van der Waals surface area (Å²) in [4.78, 5) is 10.9. The van der Waals surface area contributed by atoms with Crippen molar-refractivity contribution in [2.45, 2.75) is 6.10 Å². The monoisotopic (exact) mass is 318 g/mol. The highest BCUT2D eigenvalue weighted by Crippen LogP contribution is 2.33. The number of esters is 1. The molecule has 0 heterocycles. The van der Waals surface area contributed by atoms with E-state index in [1.807, 2.05) is 24.3 Å². The molecule has 1 unspecified atom stereocenters. The first-order valence-corrected chi connectivity index (χ1v) is 7.01. The van der Waals surface area contributed by atoms with E-state index in [2.05, 4.69) is 6.58 Å². The lowest BCUT2D eigenvalue weighted by Crippen LogP contribution is -2.24. The highest BCUT2D eigenvalue weighted by molar-refractivity contribution is 5.93. The van der Waals surface area contributed by atoms with Gasteiger partial charge in [-0.25, -0.2) is 4.79 Å². The summed E-state index contributed by atoms with van der Waals surface area (Å²) in [5.41, 5.74) is 0. The van der Waals surface area contributed by atoms with E-state index in [9.17, 15) is 9.90 Å². The van der Waals surface area contributed by atoms with Gasteiger partial charge in [0, 0.05) is 16.8 Å². The zero-order valence-electron chi connectivity index (χ0n) is 12.5. The molecule has 0 aliphatic carbocycles. The Labute approximate surface area is 133 Å². The molecule has 0 aliphatic heterocycles. The van der Waals surface area contributed by atoms with Crippen LogP contribution in [0.2, 0.25) is 0 Å². The Morgan fingerprint density at radius 1 is 1.09 bits per heavy atom. The quantitative estimate of drug-likeness (QED) is 0.437. The Bertz CT molecular complexity index is 682. The largest absolute Gasteiger partial charge is 0.490 e. The maximum atomic E-state index is 10.9. The molecule has 0 radical (unpaired) electrons. The predicted octanol–water partition coefficient (Wildman–Crippen LogP) is 1.64. The van der Waals surface area contributed by atoms with Crippen LogP contribution in [0.3, 0.4) is 0 Å². The van der Waals surface area contributed by atoms with Gasteiger partial charge in [-0.15, -0.1) is 0 Å². The summed E-state index contributed by atoms with van der Waals surface area (Å²) in [5.74, 6) is 0.496. The summed E-state index contributed by atoms with van der Waals surface area (Å²) in [7, 11) is 0. The van der Waals surface area contributed by atoms with E-state index in [1.165, 1.54) is 0 Å². The molecular formula is C17H18O6. The van der Waals surface area contributed by atoms with Gasteiger partial charge >= 0.3 is 5.97 Å². The van der Waals surface area contributed by atoms with Crippen LogP contribution in [0.5, 0.6) is 11.5 Å². The van der Waals surface area contributed by atoms with Gasteiger partial charge in [0.15, 0.2) is 6.79 Å². The molecule has 6 heteroatoms. The first-order valence-electron chi connectivity index (χ1n) is 7.01. The highest BCUT2D eigenvalue weighted by Gasteiger charge is 2.11. The fraction of sp³-hybridized carbons (Fsp3) is 0.235. The van der Waals surface area contributed by atoms with Crippen LogP contribution < -0.4 is 9.47 Å². The first-order chi connectivity index (χ1) is 11.2. The SMILES string of the molecule is C=CC(=O)OCC(O)COc1ccc(OCO)c2ccccc12. The van der Waals surface area contributed by atoms with Gasteiger partial charge in [0.05, 0.1) is 0 Å². The summed E-state index contributed by atoms with van der Waals surface area (Å²) >= 11 is 0. The Hall–Kier alpha value is -2.57. The molecule has 1 atom stereocenters. The lowest BCUT2D eigenvalue weighted by atomic mass is 10.1. The molecule has 0 aliphatic rings. The molecule has 0 saturated heterocycles. The van der Waals surface area contributed by atoms with Crippen LogP contribution in [0.1, 0.15) is 0 Å². The smallest absolute Gasteiger partial charge is 0.330 e. The Balaban J connectivity index is 2.07. The molecule has 122 valence electrons. The average molecular weight is 318 g/mol. The maximum Gasteiger partial charge on any atom is 0.330 e. The van der Waals surface area contributed by atoms with Crippen molar-refractivity contribution in [3.63, 3.8) is 0 Å². The van der Waals surface area contributed by atoms with E-state index in [0.717, 1.165) is 16.8 Å². The molecule has 6 nitrogen and oxygen atoms in total. The molecule has 0 spiro atoms. The normalized spacial score (nSPS) is 11.7. The third-order valence-corrected chi connectivity index (χ3v) is 3.08. The van der Waals surface area contributed by atoms with E-state index in [0.29, 0.717) is 11.5 Å². The fourth-order valence-electron chi connectivity index (χ4n) is 2.04. The number of hydrogen-bond acceptors (Lipinski definition) is 6. The van der Waals surface area contributed by atoms with E-state index < -0.39 is 18.9 Å². The van der Waals surface area contributed by atoms with Crippen LogP contribution in [-0.4, -0.2) is 42.3 Å². The van der Waals surface area contributed by atoms with Crippen molar-refractivity contribution < 1.29 is 29.2 Å². The number of benzene rings is 2. The number of ether oxygens (including phenoxy) is 3. The van der Waals surface area contributed by atoms with Crippen molar-refractivity contribution >= 4 is 16.7 Å². The second-order valence-corrected chi connectivity index (χ2v) is 4.68. The van der Waals surface area contributed by atoms with Crippen molar-refractivity contribution in [3.05, 3.63) is 49.1 Å². The third kappa shape index (κ3) is 4.45. The van der Waals surface area contributed by atoms with Gasteiger partial charge < -0.3 is 24.4 Å². The zero-order valence-corrected chi connectivity index (χ0v) is 12.5. The van der Waals surface area contributed by atoms with E-state index >= 15 is 0 Å². The summed E-state index contributed by atoms with van der Waals surface area (Å²) in [6, 6.07) is 10.8. The molecule has 0 saturated carbocycles. The summed E-state index contributed by atoms with van der Waals surface area (Å²) in [5, 5.41) is 20.3. The van der Waals surface area contributed by atoms with E-state index in [-0.39, 0.29) is 13.2 Å². The minimum absolute atomic E-state index is 0.0331. The van der Waals surface area contributed by atoms with Crippen molar-refractivity contribution in [1.29, 1.82) is 0 Å². The zero-order chi connectivity index (χ0) is 16.7. The maximum absolute atomic E-state index is 10.9. The molecular weight excluding hydrogens is 300 g/mol. The number of hydrogen-bond donors (Lipinski definition) is 2. The number of carbonyl (C=O) groups excluding carboxylic acids is 1. The van der Waals surface area contributed by atoms with Gasteiger partial charge in [0.2, 0.25) is 0 Å². The third-order valence-electron chi connectivity index (χ3n) is 3.08. The summed E-state index contributed by atoms with van der Waals surface area (Å²) in [6.45, 7) is 2.65. The number of aliphatic hydroxyl groups is 2. The van der Waals surface area contributed by atoms with Gasteiger partial charge in [-0.2, -0.15) is 0 Å². The van der Waals surface area contributed by atoms with Gasteiger partial charge in [-0.3, -0.25) is 0 Å². The molecule has 0 bridgehead atoms. The second-order valence-electron chi connectivity index (χ2n) is 4.68. The average Bonchev–Trinajstić information content (AvgIpc) is 2.59. The first kappa shape index (κ1) is 16.8. The van der Waals surface area contributed by atoms with Crippen LogP contribution in [0.25, 0.3) is 10.8 Å². The predicted molar refractivity (Wildman–Crippen MR) is 84.3 cm³/mol. The van der Waals surface area contributed by atoms with E-state index in [1.54, 1.807) is 12.1 Å². The molecule has 2 N–H and O–H groups in total. The van der Waals surface area contributed by atoms with Crippen LogP contribution in [0.4, 0.5) is 0 Å². The molecule has 23 heavy (non-hydrogen) atoms. The van der Waals surface area contributed by atoms with Crippen molar-refractivity contribution in [1.82, 2.24) is 0 Å². The Morgan fingerprint density at radius 2 is 1.70 bits per heavy atom. The van der Waals surface area contributed by atoms with Crippen LogP contribution in [-0.2, 0) is 9.53 Å². The standard InChI is InChI=1S/C17H18O6/c1-2-17(20)22-10-12(19)9-21-15-7-8-16(23-11-18)14-6-4-3-5-13(14)15/h2-8,12,18-19H,1,9-11H2. The van der Waals surface area contributed by atoms with Crippen molar-refractivity contribution in [2.75, 3.05) is 20.0 Å². The molecule has 0 fully saturated rings. The Kier molecular flexibility index (Phi) is 5.96. The minimum Gasteiger partial charge on any atom is -0.490 e. The topological polar surface area (TPSA) is 85.2 Å². The Morgan fingerprint density at radius 3 is 2.26 bits per heavy atom. The van der Waals surface area contributed by atoms with Crippen LogP contribution in [0.15, 0.2) is 49.1 Å². The van der Waals surface area contributed by atoms with Gasteiger partial charge in [-0.05, 0) is 12.1 Å². The molecule has 2 aromatic rings. The summed E-state index contributed by atoms with van der Waals surface area (Å²) < 4.78 is 15.5. The lowest BCUT2D eigenvalue weighted by Gasteiger charge is -2.15. The second kappa shape index (κ2) is 8.17. The van der Waals surface area contributed by atoms with Crippen LogP contribution >= 0.6 is 0 Å². The van der Waals surface area contributed by atoms with Crippen LogP contribution in [0, 0.1) is 0 Å². The van der Waals surface area contributed by atoms with Gasteiger partial charge in [0.25, 0.3) is 0 Å². The number of aliphatic hydroxyl groups excluding tert-OH is 2. The molecule has 2 rings (SSSR count). The lowest BCUT2D eigenvalue weighted by molar-refractivity contribution is -0.141. The number of rotatable bonds is 8. The van der Waals surface area contributed by atoms with Crippen molar-refractivity contribution in [2.24, 2.45) is 0 Å².